The lowest BCUT2D eigenvalue weighted by molar-refractivity contribution is 0.0733. The van der Waals surface area contributed by atoms with E-state index in [1.165, 1.54) is 0 Å². The summed E-state index contributed by atoms with van der Waals surface area (Å²) < 4.78 is 4.90. The predicted molar refractivity (Wildman–Crippen MR) is 53.6 cm³/mol. The van der Waals surface area contributed by atoms with Gasteiger partial charge >= 0.3 is 0 Å². The molecule has 0 aromatic carbocycles. The maximum Gasteiger partial charge on any atom is 0.212 e. The van der Waals surface area contributed by atoms with Gasteiger partial charge in [0.15, 0.2) is 0 Å². The molecule has 1 atom stereocenters. The SMILES string of the molecule is CC(C)(O)c1cccc(C(=O)C2CO2)n1. The van der Waals surface area contributed by atoms with Crippen molar-refractivity contribution >= 4 is 5.78 Å². The van der Waals surface area contributed by atoms with Crippen molar-refractivity contribution in [3.63, 3.8) is 0 Å². The van der Waals surface area contributed by atoms with Crippen molar-refractivity contribution in [3.05, 3.63) is 29.6 Å². The van der Waals surface area contributed by atoms with E-state index in [0.717, 1.165) is 0 Å². The summed E-state index contributed by atoms with van der Waals surface area (Å²) in [5.41, 5.74) is -0.174. The summed E-state index contributed by atoms with van der Waals surface area (Å²) in [4.78, 5) is 15.7. The quantitative estimate of drug-likeness (QED) is 0.590. The number of aromatic nitrogens is 1. The number of ketones is 1. The van der Waals surface area contributed by atoms with Crippen molar-refractivity contribution in [1.29, 1.82) is 0 Å². The largest absolute Gasteiger partial charge is 0.384 e. The molecule has 0 radical (unpaired) electrons. The highest BCUT2D eigenvalue weighted by molar-refractivity contribution is 5.99. The first-order valence-corrected chi connectivity index (χ1v) is 4.84. The highest BCUT2D eigenvalue weighted by Gasteiger charge is 2.33. The molecule has 2 heterocycles. The molecule has 0 amide bonds. The zero-order chi connectivity index (χ0) is 11.1. The van der Waals surface area contributed by atoms with Crippen LogP contribution in [0.2, 0.25) is 0 Å². The normalized spacial score (nSPS) is 20.1. The summed E-state index contributed by atoms with van der Waals surface area (Å²) in [7, 11) is 0. The second kappa shape index (κ2) is 3.40. The van der Waals surface area contributed by atoms with Crippen molar-refractivity contribution in [3.8, 4) is 0 Å². The van der Waals surface area contributed by atoms with Gasteiger partial charge in [-0.25, -0.2) is 4.98 Å². The molecular formula is C11H13NO3. The third-order valence-electron chi connectivity index (χ3n) is 2.25. The first-order valence-electron chi connectivity index (χ1n) is 4.84. The minimum Gasteiger partial charge on any atom is -0.384 e. The average molecular weight is 207 g/mol. The monoisotopic (exact) mass is 207 g/mol. The van der Waals surface area contributed by atoms with Crippen molar-refractivity contribution in [2.75, 3.05) is 6.61 Å². The van der Waals surface area contributed by atoms with E-state index >= 15 is 0 Å². The third-order valence-corrected chi connectivity index (χ3v) is 2.25. The molecule has 1 aromatic rings. The zero-order valence-corrected chi connectivity index (χ0v) is 8.73. The fourth-order valence-electron chi connectivity index (χ4n) is 1.28. The summed E-state index contributed by atoms with van der Waals surface area (Å²) in [5, 5.41) is 9.74. The summed E-state index contributed by atoms with van der Waals surface area (Å²) in [6.07, 6.45) is -0.324. The highest BCUT2D eigenvalue weighted by Crippen LogP contribution is 2.20. The maximum absolute atomic E-state index is 11.6. The number of hydrogen-bond acceptors (Lipinski definition) is 4. The maximum atomic E-state index is 11.6. The van der Waals surface area contributed by atoms with E-state index < -0.39 is 5.60 Å². The van der Waals surface area contributed by atoms with Crippen molar-refractivity contribution in [2.45, 2.75) is 25.6 Å². The van der Waals surface area contributed by atoms with Gasteiger partial charge in [0.05, 0.1) is 12.3 Å². The zero-order valence-electron chi connectivity index (χ0n) is 8.73. The van der Waals surface area contributed by atoms with Crippen LogP contribution in [0, 0.1) is 0 Å². The number of nitrogens with zero attached hydrogens (tertiary/aromatic N) is 1. The Hall–Kier alpha value is -1.26. The van der Waals surface area contributed by atoms with Crippen LogP contribution in [0.4, 0.5) is 0 Å². The molecule has 0 spiro atoms. The fraction of sp³-hybridized carbons (Fsp3) is 0.455. The van der Waals surface area contributed by atoms with Gasteiger partial charge in [0.1, 0.15) is 17.4 Å². The van der Waals surface area contributed by atoms with E-state index in [1.807, 2.05) is 0 Å². The van der Waals surface area contributed by atoms with E-state index in [9.17, 15) is 9.90 Å². The Morgan fingerprint density at radius 2 is 2.27 bits per heavy atom. The number of aliphatic hydroxyl groups is 1. The second-order valence-corrected chi connectivity index (χ2v) is 4.15. The van der Waals surface area contributed by atoms with E-state index in [-0.39, 0.29) is 11.9 Å². The third kappa shape index (κ3) is 2.22. The van der Waals surface area contributed by atoms with Gasteiger partial charge in [0.25, 0.3) is 0 Å². The van der Waals surface area contributed by atoms with E-state index in [4.69, 9.17) is 4.74 Å². The first-order chi connectivity index (χ1) is 6.98. The van der Waals surface area contributed by atoms with Crippen LogP contribution in [0.5, 0.6) is 0 Å². The Balaban J connectivity index is 2.29. The lowest BCUT2D eigenvalue weighted by Gasteiger charge is -2.16. The van der Waals surface area contributed by atoms with Crippen LogP contribution >= 0.6 is 0 Å². The molecule has 1 aliphatic heterocycles. The number of rotatable bonds is 3. The molecule has 1 fully saturated rings. The van der Waals surface area contributed by atoms with Crippen LogP contribution in [0.15, 0.2) is 18.2 Å². The van der Waals surface area contributed by atoms with Gasteiger partial charge in [0.2, 0.25) is 5.78 Å². The smallest absolute Gasteiger partial charge is 0.212 e. The predicted octanol–water partition coefficient (Wildman–Crippen LogP) is 0.890. The average Bonchev–Trinajstić information content (AvgIpc) is 2.99. The van der Waals surface area contributed by atoms with Crippen molar-refractivity contribution in [1.82, 2.24) is 4.98 Å². The Bertz CT molecular complexity index is 391. The summed E-state index contributed by atoms with van der Waals surface area (Å²) in [6, 6.07) is 5.06. The number of carbonyl (C=O) groups excluding carboxylic acids is 1. The molecule has 1 saturated heterocycles. The Kier molecular flexibility index (Phi) is 2.32. The minimum absolute atomic E-state index is 0.110. The Morgan fingerprint density at radius 3 is 2.80 bits per heavy atom. The number of ether oxygens (including phenoxy) is 1. The lowest BCUT2D eigenvalue weighted by Crippen LogP contribution is -2.20. The van der Waals surface area contributed by atoms with E-state index in [0.29, 0.717) is 18.0 Å². The molecular weight excluding hydrogens is 194 g/mol. The molecule has 80 valence electrons. The van der Waals surface area contributed by atoms with Gasteiger partial charge in [0, 0.05) is 0 Å². The van der Waals surface area contributed by atoms with Gasteiger partial charge in [-0.3, -0.25) is 4.79 Å². The molecule has 1 N–H and O–H groups in total. The lowest BCUT2D eigenvalue weighted by atomic mass is 10.0. The van der Waals surface area contributed by atoms with E-state index in [2.05, 4.69) is 4.98 Å². The Labute approximate surface area is 87.9 Å². The number of pyridine rings is 1. The van der Waals surface area contributed by atoms with E-state index in [1.54, 1.807) is 32.0 Å². The molecule has 0 aliphatic carbocycles. The van der Waals surface area contributed by atoms with Gasteiger partial charge in [-0.1, -0.05) is 6.07 Å². The molecule has 4 nitrogen and oxygen atoms in total. The number of Topliss-reactive ketones (excluding diaryl/α,β-unsaturated/α-hetero) is 1. The molecule has 1 aliphatic rings. The summed E-state index contributed by atoms with van der Waals surface area (Å²) in [5.74, 6) is -0.110. The molecule has 4 heteroatoms. The van der Waals surface area contributed by atoms with Crippen LogP contribution in [0.1, 0.15) is 30.0 Å². The van der Waals surface area contributed by atoms with Crippen LogP contribution in [-0.2, 0) is 10.3 Å². The first kappa shape index (κ1) is 10.3. The molecule has 15 heavy (non-hydrogen) atoms. The summed E-state index contributed by atoms with van der Waals surface area (Å²) in [6.45, 7) is 3.75. The fourth-order valence-corrected chi connectivity index (χ4v) is 1.28. The minimum atomic E-state index is -1.03. The number of epoxide rings is 1. The van der Waals surface area contributed by atoms with Crippen molar-refractivity contribution < 1.29 is 14.6 Å². The number of hydrogen-bond donors (Lipinski definition) is 1. The Morgan fingerprint density at radius 1 is 1.60 bits per heavy atom. The van der Waals surface area contributed by atoms with Crippen LogP contribution in [-0.4, -0.2) is 28.6 Å². The van der Waals surface area contributed by atoms with Gasteiger partial charge in [-0.2, -0.15) is 0 Å². The van der Waals surface area contributed by atoms with Gasteiger partial charge in [-0.05, 0) is 26.0 Å². The molecule has 1 aromatic heterocycles. The van der Waals surface area contributed by atoms with Crippen LogP contribution < -0.4 is 0 Å². The van der Waals surface area contributed by atoms with Crippen LogP contribution in [0.25, 0.3) is 0 Å². The number of carbonyl (C=O) groups is 1. The highest BCUT2D eigenvalue weighted by atomic mass is 16.6. The second-order valence-electron chi connectivity index (χ2n) is 4.15. The van der Waals surface area contributed by atoms with Gasteiger partial charge in [-0.15, -0.1) is 0 Å². The summed E-state index contributed by atoms with van der Waals surface area (Å²) >= 11 is 0. The topological polar surface area (TPSA) is 62.7 Å². The molecule has 2 rings (SSSR count). The molecule has 0 saturated carbocycles. The molecule has 0 bridgehead atoms. The van der Waals surface area contributed by atoms with Gasteiger partial charge < -0.3 is 9.84 Å². The van der Waals surface area contributed by atoms with Crippen LogP contribution in [0.3, 0.4) is 0 Å². The standard InChI is InChI=1S/C11H13NO3/c1-11(2,14)9-5-3-4-7(12-9)10(13)8-6-15-8/h3-5,8,14H,6H2,1-2H3. The van der Waals surface area contributed by atoms with Crippen molar-refractivity contribution in [2.24, 2.45) is 0 Å². The molecule has 1 unspecified atom stereocenters.